The van der Waals surface area contributed by atoms with E-state index in [0.29, 0.717) is 25.0 Å². The van der Waals surface area contributed by atoms with Crippen molar-refractivity contribution >= 4 is 35.8 Å². The fourth-order valence-corrected chi connectivity index (χ4v) is 2.24. The van der Waals surface area contributed by atoms with Gasteiger partial charge in [-0.2, -0.15) is 0 Å². The van der Waals surface area contributed by atoms with E-state index in [9.17, 15) is 4.79 Å². The van der Waals surface area contributed by atoms with Gasteiger partial charge in [-0.3, -0.25) is 4.79 Å². The van der Waals surface area contributed by atoms with Gasteiger partial charge in [-0.1, -0.05) is 19.1 Å². The Morgan fingerprint density at radius 1 is 1.15 bits per heavy atom. The third-order valence-electron chi connectivity index (χ3n) is 4.02. The quantitative estimate of drug-likeness (QED) is 0.227. The Hall–Kier alpha value is -1.55. The second-order valence-electron chi connectivity index (χ2n) is 6.26. The normalized spacial score (nSPS) is 12.0. The van der Waals surface area contributed by atoms with Crippen LogP contribution >= 0.6 is 24.0 Å². The maximum atomic E-state index is 11.7. The van der Waals surface area contributed by atoms with Crippen LogP contribution in [0.5, 0.6) is 5.75 Å². The third kappa shape index (κ3) is 10.4. The highest BCUT2D eigenvalue weighted by Gasteiger charge is 2.08. The van der Waals surface area contributed by atoms with Gasteiger partial charge in [0.1, 0.15) is 12.3 Å². The average molecular weight is 492 g/mol. The SMILES string of the molecule is COCCNC(=NCC(=O)N(C)C)NCCC(C)c1ccc(OC)cc1.I. The van der Waals surface area contributed by atoms with Crippen LogP contribution in [0.1, 0.15) is 24.8 Å². The zero-order valence-electron chi connectivity index (χ0n) is 16.9. The van der Waals surface area contributed by atoms with Crippen LogP contribution in [-0.4, -0.2) is 71.3 Å². The zero-order valence-corrected chi connectivity index (χ0v) is 19.3. The Morgan fingerprint density at radius 2 is 1.78 bits per heavy atom. The molecule has 1 aromatic carbocycles. The first-order valence-corrected chi connectivity index (χ1v) is 8.83. The van der Waals surface area contributed by atoms with Crippen molar-refractivity contribution in [3.05, 3.63) is 29.8 Å². The molecule has 0 aromatic heterocycles. The highest BCUT2D eigenvalue weighted by atomic mass is 127. The van der Waals surface area contributed by atoms with Gasteiger partial charge in [0, 0.05) is 34.3 Å². The molecule has 8 heteroatoms. The number of halogens is 1. The van der Waals surface area contributed by atoms with Gasteiger partial charge in [-0.05, 0) is 30.0 Å². The summed E-state index contributed by atoms with van der Waals surface area (Å²) in [4.78, 5) is 17.6. The van der Waals surface area contributed by atoms with Gasteiger partial charge in [0.25, 0.3) is 0 Å². The number of likely N-dealkylation sites (N-methyl/N-ethyl adjacent to an activating group) is 1. The van der Waals surface area contributed by atoms with E-state index in [1.165, 1.54) is 10.5 Å². The van der Waals surface area contributed by atoms with Gasteiger partial charge in [-0.15, -0.1) is 24.0 Å². The molecule has 1 atom stereocenters. The molecule has 1 amide bonds. The van der Waals surface area contributed by atoms with E-state index in [4.69, 9.17) is 9.47 Å². The second kappa shape index (κ2) is 14.5. The molecule has 0 radical (unpaired) electrons. The summed E-state index contributed by atoms with van der Waals surface area (Å²) in [6, 6.07) is 8.13. The highest BCUT2D eigenvalue weighted by Crippen LogP contribution is 2.21. The number of guanidine groups is 1. The number of amides is 1. The number of aliphatic imine (C=N–C) groups is 1. The van der Waals surface area contributed by atoms with Crippen molar-refractivity contribution in [3.8, 4) is 5.75 Å². The van der Waals surface area contributed by atoms with Crippen molar-refractivity contribution in [2.75, 3.05) is 54.6 Å². The van der Waals surface area contributed by atoms with Crippen molar-refractivity contribution in [3.63, 3.8) is 0 Å². The lowest BCUT2D eigenvalue weighted by molar-refractivity contribution is -0.127. The number of carbonyl (C=O) groups is 1. The van der Waals surface area contributed by atoms with Gasteiger partial charge < -0.3 is 25.0 Å². The summed E-state index contributed by atoms with van der Waals surface area (Å²) in [5.41, 5.74) is 1.27. The van der Waals surface area contributed by atoms with Crippen LogP contribution in [0.2, 0.25) is 0 Å². The zero-order chi connectivity index (χ0) is 19.4. The molecule has 1 aromatic rings. The monoisotopic (exact) mass is 492 g/mol. The molecule has 2 N–H and O–H groups in total. The molecular weight excluding hydrogens is 459 g/mol. The molecule has 0 saturated carbocycles. The van der Waals surface area contributed by atoms with E-state index in [0.717, 1.165) is 18.7 Å². The minimum atomic E-state index is -0.0376. The first-order valence-electron chi connectivity index (χ1n) is 8.83. The maximum Gasteiger partial charge on any atom is 0.243 e. The van der Waals surface area contributed by atoms with E-state index in [1.54, 1.807) is 28.3 Å². The van der Waals surface area contributed by atoms with Crippen molar-refractivity contribution in [1.29, 1.82) is 0 Å². The van der Waals surface area contributed by atoms with E-state index < -0.39 is 0 Å². The standard InChI is InChI=1S/C19H32N4O3.HI/c1-15(16-6-8-17(26-5)9-7-16)10-11-20-19(21-12-13-25-4)22-14-18(24)23(2)3;/h6-9,15H,10-14H2,1-5H3,(H2,20,21,22);1H. The summed E-state index contributed by atoms with van der Waals surface area (Å²) in [6.07, 6.45) is 0.943. The van der Waals surface area contributed by atoms with E-state index in [2.05, 4.69) is 34.7 Å². The summed E-state index contributed by atoms with van der Waals surface area (Å²) in [5.74, 6) is 1.85. The van der Waals surface area contributed by atoms with Crippen molar-refractivity contribution in [2.45, 2.75) is 19.3 Å². The predicted molar refractivity (Wildman–Crippen MR) is 120 cm³/mol. The van der Waals surface area contributed by atoms with Crippen LogP contribution in [0.3, 0.4) is 0 Å². The van der Waals surface area contributed by atoms with Gasteiger partial charge in [0.05, 0.1) is 13.7 Å². The van der Waals surface area contributed by atoms with Crippen LogP contribution in [0.15, 0.2) is 29.3 Å². The van der Waals surface area contributed by atoms with Gasteiger partial charge in [-0.25, -0.2) is 4.99 Å². The van der Waals surface area contributed by atoms with E-state index >= 15 is 0 Å². The largest absolute Gasteiger partial charge is 0.497 e. The third-order valence-corrected chi connectivity index (χ3v) is 4.02. The predicted octanol–water partition coefficient (Wildman–Crippen LogP) is 2.08. The number of hydrogen-bond acceptors (Lipinski definition) is 4. The molecule has 0 aliphatic carbocycles. The number of carbonyl (C=O) groups excluding carboxylic acids is 1. The van der Waals surface area contributed by atoms with Crippen molar-refractivity contribution < 1.29 is 14.3 Å². The van der Waals surface area contributed by atoms with Crippen LogP contribution in [-0.2, 0) is 9.53 Å². The molecule has 1 rings (SSSR count). The van der Waals surface area contributed by atoms with Crippen LogP contribution in [0.4, 0.5) is 0 Å². The van der Waals surface area contributed by atoms with Gasteiger partial charge in [0.2, 0.25) is 5.91 Å². The maximum absolute atomic E-state index is 11.7. The Morgan fingerprint density at radius 3 is 2.33 bits per heavy atom. The Labute approximate surface area is 179 Å². The molecule has 0 spiro atoms. The first-order chi connectivity index (χ1) is 12.5. The fourth-order valence-electron chi connectivity index (χ4n) is 2.24. The van der Waals surface area contributed by atoms with E-state index in [-0.39, 0.29) is 36.4 Å². The molecule has 27 heavy (non-hydrogen) atoms. The number of methoxy groups -OCH3 is 2. The molecule has 0 bridgehead atoms. The van der Waals surface area contributed by atoms with Crippen LogP contribution in [0, 0.1) is 0 Å². The fraction of sp³-hybridized carbons (Fsp3) is 0.579. The molecule has 154 valence electrons. The lowest BCUT2D eigenvalue weighted by Crippen LogP contribution is -2.40. The molecule has 0 fully saturated rings. The lowest BCUT2D eigenvalue weighted by Gasteiger charge is -2.16. The number of hydrogen-bond donors (Lipinski definition) is 2. The van der Waals surface area contributed by atoms with Gasteiger partial charge in [0.15, 0.2) is 5.96 Å². The second-order valence-corrected chi connectivity index (χ2v) is 6.26. The van der Waals surface area contributed by atoms with Crippen LogP contribution in [0.25, 0.3) is 0 Å². The summed E-state index contributed by atoms with van der Waals surface area (Å²) in [7, 11) is 6.76. The smallest absolute Gasteiger partial charge is 0.243 e. The summed E-state index contributed by atoms with van der Waals surface area (Å²) >= 11 is 0. The number of ether oxygens (including phenoxy) is 2. The minimum absolute atomic E-state index is 0. The molecule has 0 heterocycles. The molecular formula is C19H33IN4O3. The van der Waals surface area contributed by atoms with Crippen LogP contribution < -0.4 is 15.4 Å². The van der Waals surface area contributed by atoms with Crippen molar-refractivity contribution in [1.82, 2.24) is 15.5 Å². The summed E-state index contributed by atoms with van der Waals surface area (Å²) < 4.78 is 10.2. The summed E-state index contributed by atoms with van der Waals surface area (Å²) in [5, 5.41) is 6.45. The molecule has 0 aliphatic heterocycles. The number of benzene rings is 1. The van der Waals surface area contributed by atoms with Gasteiger partial charge >= 0.3 is 0 Å². The molecule has 0 aliphatic rings. The summed E-state index contributed by atoms with van der Waals surface area (Å²) in [6.45, 7) is 4.26. The lowest BCUT2D eigenvalue weighted by atomic mass is 9.98. The molecule has 0 saturated heterocycles. The van der Waals surface area contributed by atoms with E-state index in [1.807, 2.05) is 12.1 Å². The highest BCUT2D eigenvalue weighted by molar-refractivity contribution is 14.0. The minimum Gasteiger partial charge on any atom is -0.497 e. The number of nitrogens with one attached hydrogen (secondary N) is 2. The molecule has 1 unspecified atom stereocenters. The van der Waals surface area contributed by atoms with Crippen molar-refractivity contribution in [2.24, 2.45) is 4.99 Å². The molecule has 7 nitrogen and oxygen atoms in total. The Kier molecular flexibility index (Phi) is 13.7. The number of nitrogens with zero attached hydrogens (tertiary/aromatic N) is 2. The Balaban J connectivity index is 0.00000676. The average Bonchev–Trinajstić information content (AvgIpc) is 2.65. The topological polar surface area (TPSA) is 75.2 Å². The number of rotatable bonds is 10. The Bertz CT molecular complexity index is 565. The first kappa shape index (κ1) is 25.4.